The summed E-state index contributed by atoms with van der Waals surface area (Å²) in [6.45, 7) is 0. The topological polar surface area (TPSA) is 60.2 Å². The van der Waals surface area contributed by atoms with Gasteiger partial charge in [0, 0.05) is 23.3 Å². The van der Waals surface area contributed by atoms with E-state index in [1.54, 1.807) is 0 Å². The molecule has 0 aliphatic rings. The highest BCUT2D eigenvalue weighted by atomic mass is 19.4. The fourth-order valence-electron chi connectivity index (χ4n) is 1.84. The molecule has 2 aromatic carbocycles. The number of halogens is 3. The van der Waals surface area contributed by atoms with E-state index >= 15 is 0 Å². The van der Waals surface area contributed by atoms with Gasteiger partial charge in [0.25, 0.3) is 5.69 Å². The largest absolute Gasteiger partial charge is 0.417 e. The second-order valence-corrected chi connectivity index (χ2v) is 4.18. The number of ketones is 1. The molecule has 0 N–H and O–H groups in total. The highest BCUT2D eigenvalue weighted by molar-refractivity contribution is 6.10. The first-order valence-corrected chi connectivity index (χ1v) is 5.76. The van der Waals surface area contributed by atoms with E-state index in [0.29, 0.717) is 0 Å². The Morgan fingerprint density at radius 1 is 1.05 bits per heavy atom. The van der Waals surface area contributed by atoms with Crippen molar-refractivity contribution < 1.29 is 22.9 Å². The standard InChI is InChI=1S/C14H8F3NO3/c15-14(16,17)12-7-2-1-6-11(12)13(19)9-4-3-5-10(8-9)18(20)21/h1-8H. The van der Waals surface area contributed by atoms with Gasteiger partial charge in [-0.2, -0.15) is 13.2 Å². The average Bonchev–Trinajstić information content (AvgIpc) is 2.45. The van der Waals surface area contributed by atoms with Gasteiger partial charge in [-0.1, -0.05) is 30.3 Å². The molecule has 2 aromatic rings. The number of carbonyl (C=O) groups excluding carboxylic acids is 1. The minimum absolute atomic E-state index is 0.166. The van der Waals surface area contributed by atoms with Crippen LogP contribution in [0.4, 0.5) is 18.9 Å². The molecule has 0 spiro atoms. The molecule has 0 bridgehead atoms. The highest BCUT2D eigenvalue weighted by Crippen LogP contribution is 2.33. The molecule has 0 aromatic heterocycles. The molecule has 7 heteroatoms. The van der Waals surface area contributed by atoms with E-state index in [9.17, 15) is 28.1 Å². The second-order valence-electron chi connectivity index (χ2n) is 4.18. The van der Waals surface area contributed by atoms with Gasteiger partial charge in [-0.05, 0) is 6.07 Å². The van der Waals surface area contributed by atoms with E-state index in [4.69, 9.17) is 0 Å². The average molecular weight is 295 g/mol. The Kier molecular flexibility index (Phi) is 3.75. The second kappa shape index (κ2) is 5.35. The van der Waals surface area contributed by atoms with Gasteiger partial charge in [0.15, 0.2) is 5.78 Å². The lowest BCUT2D eigenvalue weighted by atomic mass is 9.98. The van der Waals surface area contributed by atoms with Crippen LogP contribution in [-0.4, -0.2) is 10.7 Å². The lowest BCUT2D eigenvalue weighted by Crippen LogP contribution is -2.13. The molecule has 0 unspecified atom stereocenters. The van der Waals surface area contributed by atoms with Crippen molar-refractivity contribution >= 4 is 11.5 Å². The number of nitro groups is 1. The summed E-state index contributed by atoms with van der Waals surface area (Å²) in [5.74, 6) is -0.911. The summed E-state index contributed by atoms with van der Waals surface area (Å²) in [5.41, 5.74) is -2.13. The first-order valence-electron chi connectivity index (χ1n) is 5.76. The summed E-state index contributed by atoms with van der Waals surface area (Å²) in [5, 5.41) is 10.7. The van der Waals surface area contributed by atoms with Crippen molar-refractivity contribution in [3.05, 3.63) is 75.3 Å². The van der Waals surface area contributed by atoms with Crippen LogP contribution in [0.15, 0.2) is 48.5 Å². The number of carbonyl (C=O) groups is 1. The molecule has 4 nitrogen and oxygen atoms in total. The predicted octanol–water partition coefficient (Wildman–Crippen LogP) is 3.84. The Morgan fingerprint density at radius 2 is 1.71 bits per heavy atom. The Hall–Kier alpha value is -2.70. The van der Waals surface area contributed by atoms with Crippen LogP contribution in [0.1, 0.15) is 21.5 Å². The van der Waals surface area contributed by atoms with E-state index < -0.39 is 28.0 Å². The van der Waals surface area contributed by atoms with Crippen LogP contribution in [0.3, 0.4) is 0 Å². The van der Waals surface area contributed by atoms with Crippen molar-refractivity contribution in [2.45, 2.75) is 6.18 Å². The van der Waals surface area contributed by atoms with Gasteiger partial charge in [0.05, 0.1) is 10.5 Å². The minimum Gasteiger partial charge on any atom is -0.289 e. The molecule has 0 amide bonds. The molecule has 108 valence electrons. The maximum atomic E-state index is 12.9. The normalized spacial score (nSPS) is 11.2. The highest BCUT2D eigenvalue weighted by Gasteiger charge is 2.35. The zero-order valence-electron chi connectivity index (χ0n) is 10.4. The minimum atomic E-state index is -4.67. The van der Waals surface area contributed by atoms with Crippen LogP contribution in [0.2, 0.25) is 0 Å². The SMILES string of the molecule is O=C(c1cccc([N+](=O)[O-])c1)c1ccccc1C(F)(F)F. The predicted molar refractivity (Wildman–Crippen MR) is 68.0 cm³/mol. The third-order valence-electron chi connectivity index (χ3n) is 2.80. The summed E-state index contributed by atoms with van der Waals surface area (Å²) in [6, 6.07) is 8.92. The van der Waals surface area contributed by atoms with Crippen molar-refractivity contribution in [3.8, 4) is 0 Å². The first-order chi connectivity index (χ1) is 9.80. The Labute approximate surface area is 117 Å². The quantitative estimate of drug-likeness (QED) is 0.491. The van der Waals surface area contributed by atoms with Gasteiger partial charge in [-0.3, -0.25) is 14.9 Å². The molecule has 0 aliphatic carbocycles. The molecule has 0 atom stereocenters. The molecule has 0 radical (unpaired) electrons. The summed E-state index contributed by atoms with van der Waals surface area (Å²) in [6.07, 6.45) is -4.67. The number of alkyl halides is 3. The number of hydrogen-bond donors (Lipinski definition) is 0. The third-order valence-corrected chi connectivity index (χ3v) is 2.80. The van der Waals surface area contributed by atoms with Crippen LogP contribution in [0, 0.1) is 10.1 Å². The van der Waals surface area contributed by atoms with E-state index in [-0.39, 0.29) is 11.3 Å². The molecular formula is C14H8F3NO3. The summed E-state index contributed by atoms with van der Waals surface area (Å²) in [4.78, 5) is 22.1. The van der Waals surface area contributed by atoms with Crippen molar-refractivity contribution in [3.63, 3.8) is 0 Å². The maximum absolute atomic E-state index is 12.9. The van der Waals surface area contributed by atoms with Gasteiger partial charge >= 0.3 is 6.18 Å². The van der Waals surface area contributed by atoms with Crippen LogP contribution >= 0.6 is 0 Å². The number of non-ortho nitro benzene ring substituents is 1. The molecule has 0 fully saturated rings. The molecule has 0 saturated carbocycles. The van der Waals surface area contributed by atoms with Crippen molar-refractivity contribution in [2.75, 3.05) is 0 Å². The van der Waals surface area contributed by atoms with Gasteiger partial charge in [0.1, 0.15) is 0 Å². The fourth-order valence-corrected chi connectivity index (χ4v) is 1.84. The molecule has 2 rings (SSSR count). The molecule has 0 heterocycles. The summed E-state index contributed by atoms with van der Waals surface area (Å²) < 4.78 is 38.6. The summed E-state index contributed by atoms with van der Waals surface area (Å²) >= 11 is 0. The zero-order valence-corrected chi connectivity index (χ0v) is 10.4. The molecule has 0 aliphatic heterocycles. The smallest absolute Gasteiger partial charge is 0.289 e. The Morgan fingerprint density at radius 3 is 2.33 bits per heavy atom. The van der Waals surface area contributed by atoms with Crippen LogP contribution in [0.25, 0.3) is 0 Å². The van der Waals surface area contributed by atoms with Crippen molar-refractivity contribution in [1.82, 2.24) is 0 Å². The Bertz CT molecular complexity index is 711. The lowest BCUT2D eigenvalue weighted by Gasteiger charge is -2.11. The van der Waals surface area contributed by atoms with Gasteiger partial charge in [-0.25, -0.2) is 0 Å². The van der Waals surface area contributed by atoms with Crippen molar-refractivity contribution in [2.24, 2.45) is 0 Å². The van der Waals surface area contributed by atoms with E-state index in [0.717, 1.165) is 24.3 Å². The fraction of sp³-hybridized carbons (Fsp3) is 0.0714. The van der Waals surface area contributed by atoms with Crippen LogP contribution in [-0.2, 0) is 6.18 Å². The molecule has 0 saturated heterocycles. The monoisotopic (exact) mass is 295 g/mol. The number of nitro benzene ring substituents is 1. The molecule has 21 heavy (non-hydrogen) atoms. The van der Waals surface area contributed by atoms with Gasteiger partial charge < -0.3 is 0 Å². The number of nitrogens with zero attached hydrogens (tertiary/aromatic N) is 1. The van der Waals surface area contributed by atoms with Gasteiger partial charge in [-0.15, -0.1) is 0 Å². The van der Waals surface area contributed by atoms with E-state index in [1.807, 2.05) is 0 Å². The van der Waals surface area contributed by atoms with E-state index in [1.165, 1.54) is 24.3 Å². The van der Waals surface area contributed by atoms with E-state index in [2.05, 4.69) is 0 Å². The lowest BCUT2D eigenvalue weighted by molar-refractivity contribution is -0.384. The van der Waals surface area contributed by atoms with Crippen molar-refractivity contribution in [1.29, 1.82) is 0 Å². The maximum Gasteiger partial charge on any atom is 0.417 e. The first kappa shape index (κ1) is 14.7. The third kappa shape index (κ3) is 3.07. The number of rotatable bonds is 3. The number of hydrogen-bond acceptors (Lipinski definition) is 3. The summed E-state index contributed by atoms with van der Waals surface area (Å²) in [7, 11) is 0. The zero-order chi connectivity index (χ0) is 15.6. The number of benzene rings is 2. The van der Waals surface area contributed by atoms with Crippen LogP contribution in [0.5, 0.6) is 0 Å². The molecular weight excluding hydrogens is 287 g/mol. The Balaban J connectivity index is 2.51. The van der Waals surface area contributed by atoms with Crippen LogP contribution < -0.4 is 0 Å². The van der Waals surface area contributed by atoms with Gasteiger partial charge in [0.2, 0.25) is 0 Å².